The maximum absolute atomic E-state index is 12.0. The molecule has 0 saturated heterocycles. The zero-order chi connectivity index (χ0) is 19.5. The number of oxime groups is 1. The largest absolute Gasteiger partial charge is 0.479 e. The molecule has 0 aliphatic rings. The third-order valence-corrected chi connectivity index (χ3v) is 3.97. The molecule has 1 unspecified atom stereocenters. The van der Waals surface area contributed by atoms with Gasteiger partial charge >= 0.3 is 12.1 Å². The summed E-state index contributed by atoms with van der Waals surface area (Å²) in [7, 11) is 0. The molecule has 0 aromatic carbocycles. The van der Waals surface area contributed by atoms with Crippen LogP contribution in [0, 0.1) is 0 Å². The number of alkyl carbamates (subject to hydrolysis) is 1. The van der Waals surface area contributed by atoms with E-state index in [1.165, 1.54) is 11.8 Å². The van der Waals surface area contributed by atoms with Gasteiger partial charge in [0.1, 0.15) is 11.1 Å². The van der Waals surface area contributed by atoms with E-state index in [0.717, 1.165) is 11.3 Å². The second-order valence-electron chi connectivity index (χ2n) is 6.61. The lowest BCUT2D eigenvalue weighted by Gasteiger charge is -2.31. The van der Waals surface area contributed by atoms with Gasteiger partial charge < -0.3 is 25.6 Å². The standard InChI is InChI=1S/C15H29N3O6S/c1-14(2,3)24-13(21)17-15(11-25-4,12(19)20)7-5-6-9-18(23)10-8-16-22/h8,22-23H,5-7,9-11H2,1-4H3,(H,17,21)(H,19,20). The number of nitrogens with zero attached hydrogens (tertiary/aromatic N) is 2. The highest BCUT2D eigenvalue weighted by Gasteiger charge is 2.40. The minimum atomic E-state index is -1.44. The van der Waals surface area contributed by atoms with E-state index in [2.05, 4.69) is 10.5 Å². The van der Waals surface area contributed by atoms with E-state index < -0.39 is 23.2 Å². The number of carboxylic acids is 1. The SMILES string of the molecule is CSCC(CCCCN(O)CC=NO)(NC(=O)OC(C)(C)C)C(=O)O. The third-order valence-electron chi connectivity index (χ3n) is 3.18. The summed E-state index contributed by atoms with van der Waals surface area (Å²) >= 11 is 1.32. The highest BCUT2D eigenvalue weighted by Crippen LogP contribution is 2.21. The van der Waals surface area contributed by atoms with Crippen LogP contribution in [0.4, 0.5) is 4.79 Å². The van der Waals surface area contributed by atoms with Crippen molar-refractivity contribution in [1.82, 2.24) is 10.4 Å². The summed E-state index contributed by atoms with van der Waals surface area (Å²) in [6.07, 6.45) is 3.30. The van der Waals surface area contributed by atoms with Gasteiger partial charge in [0.2, 0.25) is 0 Å². The smallest absolute Gasteiger partial charge is 0.408 e. The summed E-state index contributed by atoms with van der Waals surface area (Å²) in [6.45, 7) is 5.47. The molecule has 0 fully saturated rings. The molecule has 0 saturated carbocycles. The molecule has 1 amide bonds. The first-order valence-electron chi connectivity index (χ1n) is 7.89. The molecule has 0 aromatic rings. The molecule has 0 rings (SSSR count). The van der Waals surface area contributed by atoms with Crippen LogP contribution < -0.4 is 5.32 Å². The van der Waals surface area contributed by atoms with E-state index in [0.29, 0.717) is 12.8 Å². The molecule has 0 aliphatic carbocycles. The lowest BCUT2D eigenvalue weighted by atomic mass is 9.94. The maximum Gasteiger partial charge on any atom is 0.408 e. The fourth-order valence-electron chi connectivity index (χ4n) is 2.08. The lowest BCUT2D eigenvalue weighted by Crippen LogP contribution is -2.57. The molecular formula is C15H29N3O6S. The number of unbranched alkanes of at least 4 members (excludes halogenated alkanes) is 1. The number of nitrogens with one attached hydrogen (secondary N) is 1. The summed E-state index contributed by atoms with van der Waals surface area (Å²) < 4.78 is 5.17. The number of thioether (sulfide) groups is 1. The zero-order valence-corrected chi connectivity index (χ0v) is 16.0. The van der Waals surface area contributed by atoms with Crippen LogP contribution in [0.1, 0.15) is 40.0 Å². The van der Waals surface area contributed by atoms with Crippen LogP contribution in [0.25, 0.3) is 0 Å². The van der Waals surface area contributed by atoms with Crippen LogP contribution in [0.2, 0.25) is 0 Å². The molecule has 0 heterocycles. The van der Waals surface area contributed by atoms with Crippen LogP contribution in [-0.2, 0) is 9.53 Å². The second kappa shape index (κ2) is 11.2. The van der Waals surface area contributed by atoms with Crippen molar-refractivity contribution >= 4 is 30.0 Å². The molecule has 0 bridgehead atoms. The Bertz CT molecular complexity index is 455. The quantitative estimate of drug-likeness (QED) is 0.185. The van der Waals surface area contributed by atoms with E-state index in [1.807, 2.05) is 0 Å². The Morgan fingerprint density at radius 2 is 1.96 bits per heavy atom. The molecule has 0 aliphatic heterocycles. The van der Waals surface area contributed by atoms with Gasteiger partial charge in [0.25, 0.3) is 0 Å². The number of carbonyl (C=O) groups excluding carboxylic acids is 1. The monoisotopic (exact) mass is 379 g/mol. The Morgan fingerprint density at radius 1 is 1.32 bits per heavy atom. The Labute approximate surface area is 152 Å². The summed E-state index contributed by atoms with van der Waals surface area (Å²) in [4.78, 5) is 23.8. The van der Waals surface area contributed by atoms with Crippen molar-refractivity contribution in [1.29, 1.82) is 0 Å². The average Bonchev–Trinajstić information content (AvgIpc) is 2.47. The molecule has 0 aromatic heterocycles. The lowest BCUT2D eigenvalue weighted by molar-refractivity contribution is -0.144. The summed E-state index contributed by atoms with van der Waals surface area (Å²) in [5.41, 5.74) is -2.16. The maximum atomic E-state index is 12.0. The van der Waals surface area contributed by atoms with Gasteiger partial charge in [-0.2, -0.15) is 16.8 Å². The first-order chi connectivity index (χ1) is 11.6. The van der Waals surface area contributed by atoms with E-state index >= 15 is 0 Å². The summed E-state index contributed by atoms with van der Waals surface area (Å²) in [5.74, 6) is -0.928. The van der Waals surface area contributed by atoms with Crippen molar-refractivity contribution in [3.8, 4) is 0 Å². The van der Waals surface area contributed by atoms with Gasteiger partial charge in [-0.3, -0.25) is 0 Å². The van der Waals surface area contributed by atoms with Crippen molar-refractivity contribution < 1.29 is 29.8 Å². The molecule has 25 heavy (non-hydrogen) atoms. The van der Waals surface area contributed by atoms with Crippen molar-refractivity contribution in [2.75, 3.05) is 25.1 Å². The highest BCUT2D eigenvalue weighted by atomic mass is 32.2. The fourth-order valence-corrected chi connectivity index (χ4v) is 2.91. The first kappa shape index (κ1) is 23.5. The normalized spacial score (nSPS) is 14.5. The zero-order valence-electron chi connectivity index (χ0n) is 15.2. The predicted octanol–water partition coefficient (Wildman–Crippen LogP) is 2.02. The molecular weight excluding hydrogens is 350 g/mol. The van der Waals surface area contributed by atoms with Crippen molar-refractivity contribution in [3.05, 3.63) is 0 Å². The van der Waals surface area contributed by atoms with Crippen LogP contribution in [0.3, 0.4) is 0 Å². The number of carboxylic acid groups (broad SMARTS) is 1. The number of aliphatic carboxylic acids is 1. The number of hydrogen-bond donors (Lipinski definition) is 4. The summed E-state index contributed by atoms with van der Waals surface area (Å²) in [6, 6.07) is 0. The Kier molecular flexibility index (Phi) is 10.5. The molecule has 4 N–H and O–H groups in total. The Balaban J connectivity index is 4.76. The number of hydrogen-bond acceptors (Lipinski definition) is 8. The molecule has 1 atom stereocenters. The topological polar surface area (TPSA) is 132 Å². The molecule has 0 spiro atoms. The van der Waals surface area contributed by atoms with E-state index in [-0.39, 0.29) is 25.3 Å². The van der Waals surface area contributed by atoms with Crippen molar-refractivity contribution in [2.45, 2.75) is 51.2 Å². The highest BCUT2D eigenvalue weighted by molar-refractivity contribution is 7.98. The number of hydroxylamine groups is 2. The molecule has 146 valence electrons. The van der Waals surface area contributed by atoms with Gasteiger partial charge in [-0.25, -0.2) is 9.59 Å². The number of ether oxygens (including phenoxy) is 1. The van der Waals surface area contributed by atoms with Gasteiger partial charge in [-0.05, 0) is 46.3 Å². The average molecular weight is 379 g/mol. The van der Waals surface area contributed by atoms with E-state index in [9.17, 15) is 19.9 Å². The molecule has 9 nitrogen and oxygen atoms in total. The predicted molar refractivity (Wildman–Crippen MR) is 95.6 cm³/mol. The van der Waals surface area contributed by atoms with Crippen molar-refractivity contribution in [3.63, 3.8) is 0 Å². The number of rotatable bonds is 11. The second-order valence-corrected chi connectivity index (χ2v) is 7.48. The number of carbonyl (C=O) groups is 2. The van der Waals surface area contributed by atoms with Crippen molar-refractivity contribution in [2.24, 2.45) is 5.16 Å². The van der Waals surface area contributed by atoms with Crippen LogP contribution >= 0.6 is 11.8 Å². The first-order valence-corrected chi connectivity index (χ1v) is 9.29. The van der Waals surface area contributed by atoms with E-state index in [1.54, 1.807) is 27.0 Å². The van der Waals surface area contributed by atoms with Crippen LogP contribution in [0.15, 0.2) is 5.16 Å². The third kappa shape index (κ3) is 10.1. The summed E-state index contributed by atoms with van der Waals surface area (Å²) in [5, 5.41) is 33.7. The minimum absolute atomic E-state index is 0.0710. The van der Waals surface area contributed by atoms with Gasteiger partial charge in [0.05, 0.1) is 12.8 Å². The number of amides is 1. The molecule has 0 radical (unpaired) electrons. The van der Waals surface area contributed by atoms with Gasteiger partial charge in [-0.1, -0.05) is 0 Å². The van der Waals surface area contributed by atoms with E-state index in [4.69, 9.17) is 9.94 Å². The minimum Gasteiger partial charge on any atom is -0.479 e. The van der Waals surface area contributed by atoms with Gasteiger partial charge in [-0.15, -0.1) is 5.16 Å². The van der Waals surface area contributed by atoms with Crippen LogP contribution in [0.5, 0.6) is 0 Å². The fraction of sp³-hybridized carbons (Fsp3) is 0.800. The Morgan fingerprint density at radius 3 is 2.44 bits per heavy atom. The molecule has 10 heteroatoms. The van der Waals surface area contributed by atoms with Crippen LogP contribution in [-0.4, -0.2) is 75.1 Å². The Hall–Kier alpha value is -1.52. The van der Waals surface area contributed by atoms with Gasteiger partial charge in [0.15, 0.2) is 0 Å². The van der Waals surface area contributed by atoms with Gasteiger partial charge in [0, 0.05) is 12.3 Å².